The highest BCUT2D eigenvalue weighted by Crippen LogP contribution is 2.12. The molecule has 0 aliphatic carbocycles. The molecule has 0 amide bonds. The molecule has 2 rings (SSSR count). The molecule has 0 atom stereocenters. The zero-order valence-electron chi connectivity index (χ0n) is 10.4. The zero-order valence-corrected chi connectivity index (χ0v) is 10.4. The molecule has 0 aliphatic heterocycles. The summed E-state index contributed by atoms with van der Waals surface area (Å²) >= 11 is 0. The first-order valence-corrected chi connectivity index (χ1v) is 6.07. The van der Waals surface area contributed by atoms with E-state index in [1.807, 2.05) is 12.3 Å². The van der Waals surface area contributed by atoms with E-state index in [4.69, 9.17) is 4.52 Å². The Morgan fingerprint density at radius 3 is 2.61 bits per heavy atom. The van der Waals surface area contributed by atoms with Crippen LogP contribution in [0, 0.1) is 0 Å². The molecule has 0 saturated heterocycles. The second-order valence-corrected chi connectivity index (χ2v) is 3.90. The van der Waals surface area contributed by atoms with Crippen LogP contribution in [0.15, 0.2) is 29.3 Å². The third-order valence-corrected chi connectivity index (χ3v) is 2.39. The summed E-state index contributed by atoms with van der Waals surface area (Å²) in [5.74, 6) is 0.635. The molecule has 2 N–H and O–H groups in total. The fourth-order valence-corrected chi connectivity index (χ4v) is 1.52. The van der Waals surface area contributed by atoms with E-state index in [9.17, 15) is 0 Å². The van der Waals surface area contributed by atoms with Crippen molar-refractivity contribution < 1.29 is 4.52 Å². The maximum absolute atomic E-state index is 4.92. The van der Waals surface area contributed by atoms with Gasteiger partial charge in [-0.3, -0.25) is 4.98 Å². The largest absolute Gasteiger partial charge is 0.384 e. The summed E-state index contributed by atoms with van der Waals surface area (Å²) in [6.07, 6.45) is 6.82. The predicted octanol–water partition coefficient (Wildman–Crippen LogP) is 1.94. The van der Waals surface area contributed by atoms with Gasteiger partial charge >= 0.3 is 0 Å². The number of nitrogens with zero attached hydrogens (tertiary/aromatic N) is 3. The van der Waals surface area contributed by atoms with Crippen molar-refractivity contribution in [3.05, 3.63) is 30.7 Å². The first-order chi connectivity index (χ1) is 8.88. The van der Waals surface area contributed by atoms with Crippen LogP contribution < -0.4 is 10.6 Å². The van der Waals surface area contributed by atoms with E-state index in [2.05, 4.69) is 32.7 Å². The van der Waals surface area contributed by atoms with Crippen LogP contribution in [-0.4, -0.2) is 28.2 Å². The Hall–Kier alpha value is -2.11. The number of nitrogens with one attached hydrogen (secondary N) is 2. The lowest BCUT2D eigenvalue weighted by molar-refractivity contribution is 0.380. The van der Waals surface area contributed by atoms with Crippen LogP contribution in [-0.2, 0) is 6.42 Å². The quantitative estimate of drug-likeness (QED) is 0.778. The molecule has 2 heterocycles. The first kappa shape index (κ1) is 12.3. The fourth-order valence-electron chi connectivity index (χ4n) is 1.52. The summed E-state index contributed by atoms with van der Waals surface area (Å²) < 4.78 is 4.92. The van der Waals surface area contributed by atoms with Crippen LogP contribution >= 0.6 is 0 Å². The lowest BCUT2D eigenvalue weighted by Crippen LogP contribution is -2.06. The van der Waals surface area contributed by atoms with E-state index in [1.54, 1.807) is 6.20 Å². The van der Waals surface area contributed by atoms with E-state index in [-0.39, 0.29) is 0 Å². The highest BCUT2D eigenvalue weighted by molar-refractivity contribution is 5.53. The van der Waals surface area contributed by atoms with Crippen molar-refractivity contribution in [1.29, 1.82) is 0 Å². The number of rotatable bonds is 7. The van der Waals surface area contributed by atoms with Crippen molar-refractivity contribution >= 4 is 11.4 Å². The number of hydrogen-bond donors (Lipinski definition) is 2. The third-order valence-electron chi connectivity index (χ3n) is 2.39. The summed E-state index contributed by atoms with van der Waals surface area (Å²) in [5.41, 5.74) is 2.01. The summed E-state index contributed by atoms with van der Waals surface area (Å²) in [5, 5.41) is 10.1. The Balaban J connectivity index is 1.81. The summed E-state index contributed by atoms with van der Waals surface area (Å²) in [7, 11) is 0. The molecule has 0 fully saturated rings. The van der Waals surface area contributed by atoms with E-state index in [0.717, 1.165) is 30.9 Å². The number of pyridine rings is 1. The van der Waals surface area contributed by atoms with Crippen molar-refractivity contribution in [3.63, 3.8) is 0 Å². The van der Waals surface area contributed by atoms with E-state index < -0.39 is 0 Å². The van der Waals surface area contributed by atoms with Gasteiger partial charge in [0.05, 0.1) is 23.8 Å². The topological polar surface area (TPSA) is 75.9 Å². The smallest absolute Gasteiger partial charge is 0.228 e. The second kappa shape index (κ2) is 6.58. The van der Waals surface area contributed by atoms with Crippen molar-refractivity contribution in [2.24, 2.45) is 0 Å². The standard InChI is InChI=1S/C12H17N5O/c1-2-4-14-10-6-11(8-13-7-10)15-5-3-12-16-9-17-18-12/h6-9,14-15H,2-5H2,1H3. The first-order valence-electron chi connectivity index (χ1n) is 6.07. The lowest BCUT2D eigenvalue weighted by atomic mass is 10.3. The molecular formula is C12H17N5O. The van der Waals surface area contributed by atoms with Gasteiger partial charge in [-0.15, -0.1) is 0 Å². The van der Waals surface area contributed by atoms with Crippen LogP contribution in [0.2, 0.25) is 0 Å². The van der Waals surface area contributed by atoms with Gasteiger partial charge in [-0.2, -0.15) is 4.98 Å². The summed E-state index contributed by atoms with van der Waals surface area (Å²) in [6.45, 7) is 3.82. The van der Waals surface area contributed by atoms with Crippen LogP contribution in [0.5, 0.6) is 0 Å². The van der Waals surface area contributed by atoms with Crippen molar-refractivity contribution in [1.82, 2.24) is 15.1 Å². The number of aromatic nitrogens is 3. The van der Waals surface area contributed by atoms with E-state index in [1.165, 1.54) is 6.33 Å². The molecule has 6 nitrogen and oxygen atoms in total. The minimum atomic E-state index is 0.635. The Kier molecular flexibility index (Phi) is 4.52. The molecule has 0 bridgehead atoms. The monoisotopic (exact) mass is 247 g/mol. The normalized spacial score (nSPS) is 10.3. The molecule has 0 aliphatic rings. The molecule has 0 unspecified atom stereocenters. The summed E-state index contributed by atoms with van der Waals surface area (Å²) in [4.78, 5) is 8.14. The lowest BCUT2D eigenvalue weighted by Gasteiger charge is -2.08. The van der Waals surface area contributed by atoms with Gasteiger partial charge in [0.1, 0.15) is 0 Å². The van der Waals surface area contributed by atoms with E-state index in [0.29, 0.717) is 12.3 Å². The van der Waals surface area contributed by atoms with Crippen molar-refractivity contribution in [3.8, 4) is 0 Å². The molecule has 96 valence electrons. The number of hydrogen-bond acceptors (Lipinski definition) is 6. The average Bonchev–Trinajstić information content (AvgIpc) is 2.90. The molecule has 0 spiro atoms. The van der Waals surface area contributed by atoms with Crippen LogP contribution in [0.4, 0.5) is 11.4 Å². The van der Waals surface area contributed by atoms with Gasteiger partial charge in [-0.1, -0.05) is 12.1 Å². The van der Waals surface area contributed by atoms with Gasteiger partial charge in [0, 0.05) is 19.5 Å². The Bertz CT molecular complexity index is 457. The van der Waals surface area contributed by atoms with Crippen molar-refractivity contribution in [2.75, 3.05) is 23.7 Å². The molecule has 18 heavy (non-hydrogen) atoms. The van der Waals surface area contributed by atoms with Crippen LogP contribution in [0.25, 0.3) is 0 Å². The Labute approximate surface area is 106 Å². The molecule has 0 saturated carbocycles. The van der Waals surface area contributed by atoms with E-state index >= 15 is 0 Å². The maximum atomic E-state index is 4.92. The summed E-state index contributed by atoms with van der Waals surface area (Å²) in [6, 6.07) is 2.04. The van der Waals surface area contributed by atoms with Crippen LogP contribution in [0.1, 0.15) is 19.2 Å². The predicted molar refractivity (Wildman–Crippen MR) is 69.5 cm³/mol. The molecule has 2 aromatic heterocycles. The minimum absolute atomic E-state index is 0.635. The maximum Gasteiger partial charge on any atom is 0.228 e. The minimum Gasteiger partial charge on any atom is -0.384 e. The molecule has 0 radical (unpaired) electrons. The highest BCUT2D eigenvalue weighted by Gasteiger charge is 1.99. The molecule has 0 aromatic carbocycles. The Morgan fingerprint density at radius 2 is 1.94 bits per heavy atom. The zero-order chi connectivity index (χ0) is 12.6. The van der Waals surface area contributed by atoms with Crippen molar-refractivity contribution in [2.45, 2.75) is 19.8 Å². The Morgan fingerprint density at radius 1 is 1.17 bits per heavy atom. The second-order valence-electron chi connectivity index (χ2n) is 3.90. The average molecular weight is 247 g/mol. The fraction of sp³-hybridized carbons (Fsp3) is 0.417. The van der Waals surface area contributed by atoms with Gasteiger partial charge in [0.25, 0.3) is 0 Å². The third kappa shape index (κ3) is 3.73. The highest BCUT2D eigenvalue weighted by atomic mass is 16.5. The van der Waals surface area contributed by atoms with Gasteiger partial charge in [0.15, 0.2) is 6.33 Å². The number of anilines is 2. The van der Waals surface area contributed by atoms with Gasteiger partial charge in [-0.05, 0) is 12.5 Å². The van der Waals surface area contributed by atoms with Gasteiger partial charge in [-0.25, -0.2) is 0 Å². The van der Waals surface area contributed by atoms with Gasteiger partial charge in [0.2, 0.25) is 5.89 Å². The van der Waals surface area contributed by atoms with Gasteiger partial charge < -0.3 is 15.2 Å². The van der Waals surface area contributed by atoms with Crippen LogP contribution in [0.3, 0.4) is 0 Å². The molecular weight excluding hydrogens is 230 g/mol. The molecule has 2 aromatic rings. The SMILES string of the molecule is CCCNc1cncc(NCCc2ncno2)c1. The molecule has 6 heteroatoms.